The van der Waals surface area contributed by atoms with Gasteiger partial charge in [0.2, 0.25) is 0 Å². The topological polar surface area (TPSA) is 51.8 Å². The van der Waals surface area contributed by atoms with Crippen LogP contribution in [0.2, 0.25) is 0 Å². The van der Waals surface area contributed by atoms with Crippen molar-refractivity contribution < 1.29 is 13.2 Å². The van der Waals surface area contributed by atoms with Gasteiger partial charge in [0.15, 0.2) is 5.82 Å². The molecule has 0 aliphatic rings. The molecule has 0 radical (unpaired) electrons. The van der Waals surface area contributed by atoms with E-state index >= 15 is 0 Å². The predicted molar refractivity (Wildman–Crippen MR) is 65.2 cm³/mol. The largest absolute Gasteiger partial charge is 0.416 e. The van der Waals surface area contributed by atoms with E-state index in [4.69, 9.17) is 5.73 Å². The van der Waals surface area contributed by atoms with Crippen molar-refractivity contribution in [3.05, 3.63) is 47.8 Å². The molecule has 1 aromatic carbocycles. The van der Waals surface area contributed by atoms with Crippen molar-refractivity contribution >= 4 is 0 Å². The van der Waals surface area contributed by atoms with E-state index in [2.05, 4.69) is 9.97 Å². The lowest BCUT2D eigenvalue weighted by Crippen LogP contribution is -2.05. The minimum Gasteiger partial charge on any atom is -0.330 e. The maximum Gasteiger partial charge on any atom is 0.416 e. The molecule has 1 aromatic heterocycles. The molecule has 0 unspecified atom stereocenters. The number of rotatable bonds is 3. The Kier molecular flexibility index (Phi) is 3.80. The molecule has 0 spiro atoms. The van der Waals surface area contributed by atoms with Gasteiger partial charge in [-0.25, -0.2) is 9.97 Å². The fourth-order valence-corrected chi connectivity index (χ4v) is 1.63. The normalized spacial score (nSPS) is 11.6. The monoisotopic (exact) mass is 267 g/mol. The third-order valence-corrected chi connectivity index (χ3v) is 2.59. The summed E-state index contributed by atoms with van der Waals surface area (Å²) in [6.45, 7) is 0.478. The number of alkyl halides is 3. The van der Waals surface area contributed by atoms with Gasteiger partial charge in [-0.1, -0.05) is 12.1 Å². The van der Waals surface area contributed by atoms with Crippen LogP contribution in [0.4, 0.5) is 13.2 Å². The number of nitrogens with zero attached hydrogens (tertiary/aromatic N) is 2. The molecule has 19 heavy (non-hydrogen) atoms. The summed E-state index contributed by atoms with van der Waals surface area (Å²) in [5.74, 6) is 0.270. The Labute approximate surface area is 108 Å². The highest BCUT2D eigenvalue weighted by atomic mass is 19.4. The van der Waals surface area contributed by atoms with Crippen LogP contribution in [0.15, 0.2) is 36.7 Å². The zero-order valence-corrected chi connectivity index (χ0v) is 9.98. The molecule has 0 aliphatic heterocycles. The first-order valence-electron chi connectivity index (χ1n) is 5.69. The molecule has 0 fully saturated rings. The zero-order valence-electron chi connectivity index (χ0n) is 9.98. The lowest BCUT2D eigenvalue weighted by Gasteiger charge is -2.08. The second-order valence-corrected chi connectivity index (χ2v) is 4.03. The van der Waals surface area contributed by atoms with Crippen molar-refractivity contribution in [1.29, 1.82) is 0 Å². The van der Waals surface area contributed by atoms with Crippen molar-refractivity contribution in [2.75, 3.05) is 6.54 Å². The maximum absolute atomic E-state index is 12.6. The molecular formula is C13H12F3N3. The van der Waals surface area contributed by atoms with Crippen molar-refractivity contribution in [2.45, 2.75) is 12.6 Å². The van der Waals surface area contributed by atoms with Gasteiger partial charge in [0, 0.05) is 18.0 Å². The number of hydrogen-bond acceptors (Lipinski definition) is 3. The van der Waals surface area contributed by atoms with Crippen molar-refractivity contribution in [3.8, 4) is 11.4 Å². The van der Waals surface area contributed by atoms with Gasteiger partial charge >= 0.3 is 6.18 Å². The minimum absolute atomic E-state index is 0.270. The number of nitrogens with two attached hydrogens (primary N) is 1. The summed E-state index contributed by atoms with van der Waals surface area (Å²) >= 11 is 0. The first kappa shape index (κ1) is 13.5. The van der Waals surface area contributed by atoms with Gasteiger partial charge in [0.05, 0.1) is 5.56 Å². The van der Waals surface area contributed by atoms with E-state index in [0.29, 0.717) is 18.5 Å². The van der Waals surface area contributed by atoms with E-state index in [1.807, 2.05) is 0 Å². The Morgan fingerprint density at radius 3 is 2.37 bits per heavy atom. The molecule has 0 atom stereocenters. The molecule has 0 saturated carbocycles. The molecule has 100 valence electrons. The van der Waals surface area contributed by atoms with Gasteiger partial charge in [-0.15, -0.1) is 0 Å². The van der Waals surface area contributed by atoms with Gasteiger partial charge in [-0.2, -0.15) is 13.2 Å². The summed E-state index contributed by atoms with van der Waals surface area (Å²) in [6.07, 6.45) is -0.566. The molecule has 2 rings (SSSR count). The molecular weight excluding hydrogens is 255 g/mol. The maximum atomic E-state index is 12.6. The molecule has 0 saturated heterocycles. The van der Waals surface area contributed by atoms with Crippen LogP contribution in [-0.4, -0.2) is 16.5 Å². The Balaban J connectivity index is 2.31. The predicted octanol–water partition coefficient (Wildman–Crippen LogP) is 2.66. The van der Waals surface area contributed by atoms with Crippen LogP contribution in [0.1, 0.15) is 11.1 Å². The fraction of sp³-hybridized carbons (Fsp3) is 0.231. The first-order valence-corrected chi connectivity index (χ1v) is 5.69. The summed E-state index contributed by atoms with van der Waals surface area (Å²) in [6, 6.07) is 4.95. The average molecular weight is 267 g/mol. The SMILES string of the molecule is NCCc1cnc(-c2cccc(C(F)(F)F)c2)nc1. The Bertz CT molecular complexity index is 550. The summed E-state index contributed by atoms with van der Waals surface area (Å²) in [7, 11) is 0. The third kappa shape index (κ3) is 3.29. The molecule has 6 heteroatoms. The highest BCUT2D eigenvalue weighted by Crippen LogP contribution is 2.31. The third-order valence-electron chi connectivity index (χ3n) is 2.59. The van der Waals surface area contributed by atoms with Gasteiger partial charge in [-0.3, -0.25) is 0 Å². The van der Waals surface area contributed by atoms with E-state index in [1.165, 1.54) is 6.07 Å². The second kappa shape index (κ2) is 5.36. The number of aromatic nitrogens is 2. The van der Waals surface area contributed by atoms with E-state index in [1.54, 1.807) is 18.5 Å². The minimum atomic E-state index is -4.37. The van der Waals surface area contributed by atoms with Crippen LogP contribution in [-0.2, 0) is 12.6 Å². The standard InChI is InChI=1S/C13H12F3N3/c14-13(15,16)11-3-1-2-10(6-11)12-18-7-9(4-5-17)8-19-12/h1-3,6-8H,4-5,17H2. The molecule has 0 bridgehead atoms. The number of benzene rings is 1. The van der Waals surface area contributed by atoms with Crippen LogP contribution in [0.3, 0.4) is 0 Å². The van der Waals surface area contributed by atoms with E-state index in [0.717, 1.165) is 17.7 Å². The Morgan fingerprint density at radius 2 is 1.79 bits per heavy atom. The Morgan fingerprint density at radius 1 is 1.11 bits per heavy atom. The molecule has 1 heterocycles. The quantitative estimate of drug-likeness (QED) is 0.930. The summed E-state index contributed by atoms with van der Waals surface area (Å²) in [5, 5.41) is 0. The van der Waals surface area contributed by atoms with Crippen molar-refractivity contribution in [1.82, 2.24) is 9.97 Å². The van der Waals surface area contributed by atoms with Gasteiger partial charge < -0.3 is 5.73 Å². The summed E-state index contributed by atoms with van der Waals surface area (Å²) in [5.41, 5.74) is 5.89. The van der Waals surface area contributed by atoms with E-state index < -0.39 is 11.7 Å². The molecule has 0 amide bonds. The zero-order chi connectivity index (χ0) is 13.9. The van der Waals surface area contributed by atoms with Gasteiger partial charge in [0.25, 0.3) is 0 Å². The number of halogens is 3. The lowest BCUT2D eigenvalue weighted by atomic mass is 10.1. The smallest absolute Gasteiger partial charge is 0.330 e. The van der Waals surface area contributed by atoms with Crippen LogP contribution in [0.25, 0.3) is 11.4 Å². The fourth-order valence-electron chi connectivity index (χ4n) is 1.63. The molecule has 3 nitrogen and oxygen atoms in total. The summed E-state index contributed by atoms with van der Waals surface area (Å²) in [4.78, 5) is 8.11. The van der Waals surface area contributed by atoms with Crippen molar-refractivity contribution in [2.24, 2.45) is 5.73 Å². The summed E-state index contributed by atoms with van der Waals surface area (Å²) < 4.78 is 37.8. The van der Waals surface area contributed by atoms with Crippen LogP contribution in [0, 0.1) is 0 Å². The van der Waals surface area contributed by atoms with E-state index in [9.17, 15) is 13.2 Å². The van der Waals surface area contributed by atoms with Gasteiger partial charge in [0.1, 0.15) is 0 Å². The molecule has 2 N–H and O–H groups in total. The average Bonchev–Trinajstić information content (AvgIpc) is 2.39. The second-order valence-electron chi connectivity index (χ2n) is 4.03. The highest BCUT2D eigenvalue weighted by Gasteiger charge is 2.30. The van der Waals surface area contributed by atoms with Gasteiger partial charge in [-0.05, 0) is 30.7 Å². The van der Waals surface area contributed by atoms with Crippen LogP contribution >= 0.6 is 0 Å². The van der Waals surface area contributed by atoms with Crippen molar-refractivity contribution in [3.63, 3.8) is 0 Å². The molecule has 2 aromatic rings. The number of hydrogen-bond donors (Lipinski definition) is 1. The lowest BCUT2D eigenvalue weighted by molar-refractivity contribution is -0.137. The van der Waals surface area contributed by atoms with Crippen LogP contribution < -0.4 is 5.73 Å². The van der Waals surface area contributed by atoms with Crippen LogP contribution in [0.5, 0.6) is 0 Å². The molecule has 0 aliphatic carbocycles. The van der Waals surface area contributed by atoms with E-state index in [-0.39, 0.29) is 5.82 Å². The highest BCUT2D eigenvalue weighted by molar-refractivity contribution is 5.56. The Hall–Kier alpha value is -1.95. The first-order chi connectivity index (χ1) is 9.00.